The third-order valence-electron chi connectivity index (χ3n) is 7.40. The monoisotopic (exact) mass is 542 g/mol. The molecule has 1 saturated carbocycles. The van der Waals surface area contributed by atoms with Gasteiger partial charge in [0.1, 0.15) is 6.04 Å². The van der Waals surface area contributed by atoms with Crippen molar-refractivity contribution in [2.75, 3.05) is 13.2 Å². The summed E-state index contributed by atoms with van der Waals surface area (Å²) in [5, 5.41) is 3.27. The molecule has 6 heteroatoms. The number of hydrogen-bond donors (Lipinski definition) is 1. The molecule has 3 aromatic carbocycles. The molecule has 0 aliphatic heterocycles. The maximum atomic E-state index is 14.0. The molecular formula is C34H42N2O4. The SMILES string of the molecule is CCOc1ccc(CCC(=O)N(Cc2ccccc2)[C@H](Cc2ccccc2)C(=O)NC2CCCC2)cc1OCC. The van der Waals surface area contributed by atoms with Gasteiger partial charge in [0.05, 0.1) is 13.2 Å². The second kappa shape index (κ2) is 15.1. The van der Waals surface area contributed by atoms with Gasteiger partial charge in [-0.1, -0.05) is 79.6 Å². The number of rotatable bonds is 14. The van der Waals surface area contributed by atoms with E-state index in [4.69, 9.17) is 9.47 Å². The van der Waals surface area contributed by atoms with E-state index in [9.17, 15) is 9.59 Å². The molecule has 1 fully saturated rings. The van der Waals surface area contributed by atoms with Crippen LogP contribution < -0.4 is 14.8 Å². The summed E-state index contributed by atoms with van der Waals surface area (Å²) in [4.78, 5) is 29.5. The molecule has 1 aliphatic carbocycles. The third kappa shape index (κ3) is 8.35. The third-order valence-corrected chi connectivity index (χ3v) is 7.40. The molecule has 1 atom stereocenters. The average molecular weight is 543 g/mol. The average Bonchev–Trinajstić information content (AvgIpc) is 3.49. The molecule has 0 spiro atoms. The van der Waals surface area contributed by atoms with Crippen molar-refractivity contribution in [3.05, 3.63) is 95.6 Å². The lowest BCUT2D eigenvalue weighted by molar-refractivity contribution is -0.141. The number of carbonyl (C=O) groups is 2. The minimum atomic E-state index is -0.602. The highest BCUT2D eigenvalue weighted by molar-refractivity contribution is 5.88. The maximum absolute atomic E-state index is 14.0. The first kappa shape index (κ1) is 29.2. The van der Waals surface area contributed by atoms with Crippen molar-refractivity contribution in [1.82, 2.24) is 10.2 Å². The number of amides is 2. The normalized spacial score (nSPS) is 13.9. The van der Waals surface area contributed by atoms with Crippen LogP contribution in [0.2, 0.25) is 0 Å². The van der Waals surface area contributed by atoms with Crippen LogP contribution >= 0.6 is 0 Å². The van der Waals surface area contributed by atoms with Crippen molar-refractivity contribution >= 4 is 11.8 Å². The highest BCUT2D eigenvalue weighted by Gasteiger charge is 2.32. The predicted octanol–water partition coefficient (Wildman–Crippen LogP) is 6.12. The van der Waals surface area contributed by atoms with Gasteiger partial charge in [0.2, 0.25) is 11.8 Å². The number of benzene rings is 3. The van der Waals surface area contributed by atoms with Crippen LogP contribution in [-0.2, 0) is 29.0 Å². The van der Waals surface area contributed by atoms with E-state index in [-0.39, 0.29) is 24.3 Å². The van der Waals surface area contributed by atoms with Gasteiger partial charge in [-0.2, -0.15) is 0 Å². The summed E-state index contributed by atoms with van der Waals surface area (Å²) in [7, 11) is 0. The summed E-state index contributed by atoms with van der Waals surface area (Å²) in [6.45, 7) is 5.35. The summed E-state index contributed by atoms with van der Waals surface area (Å²) in [6, 6.07) is 25.3. The molecule has 6 nitrogen and oxygen atoms in total. The maximum Gasteiger partial charge on any atom is 0.243 e. The number of carbonyl (C=O) groups excluding carboxylic acids is 2. The Morgan fingerprint density at radius 3 is 2.10 bits per heavy atom. The molecule has 212 valence electrons. The molecule has 0 heterocycles. The second-order valence-electron chi connectivity index (χ2n) is 10.3. The zero-order valence-corrected chi connectivity index (χ0v) is 23.8. The number of nitrogens with zero attached hydrogens (tertiary/aromatic N) is 1. The standard InChI is InChI=1S/C34H42N2O4/c1-3-39-31-21-19-27(24-32(31)40-4-2)20-22-33(37)36(25-28-15-9-6-10-16-28)30(23-26-13-7-5-8-14-26)34(38)35-29-17-11-12-18-29/h5-10,13-16,19,21,24,29-30H,3-4,11-12,17-18,20,22-23,25H2,1-2H3,(H,35,38)/t30-/m1/s1. The lowest BCUT2D eigenvalue weighted by atomic mass is 10.0. The van der Waals surface area contributed by atoms with Gasteiger partial charge >= 0.3 is 0 Å². The van der Waals surface area contributed by atoms with Gasteiger partial charge in [-0.3, -0.25) is 9.59 Å². The molecule has 4 rings (SSSR count). The minimum absolute atomic E-state index is 0.0433. The number of nitrogens with one attached hydrogen (secondary N) is 1. The molecular weight excluding hydrogens is 500 g/mol. The smallest absolute Gasteiger partial charge is 0.243 e. The fraction of sp³-hybridized carbons (Fsp3) is 0.412. The largest absolute Gasteiger partial charge is 0.490 e. The van der Waals surface area contributed by atoms with E-state index in [0.29, 0.717) is 44.1 Å². The van der Waals surface area contributed by atoms with Crippen LogP contribution in [-0.4, -0.2) is 42.0 Å². The minimum Gasteiger partial charge on any atom is -0.490 e. The van der Waals surface area contributed by atoms with Crippen LogP contribution in [0.3, 0.4) is 0 Å². The zero-order valence-electron chi connectivity index (χ0n) is 23.8. The first-order valence-corrected chi connectivity index (χ1v) is 14.6. The van der Waals surface area contributed by atoms with Crippen molar-refractivity contribution < 1.29 is 19.1 Å². The fourth-order valence-corrected chi connectivity index (χ4v) is 5.35. The van der Waals surface area contributed by atoms with Gasteiger partial charge < -0.3 is 19.7 Å². The van der Waals surface area contributed by atoms with Crippen LogP contribution in [0.25, 0.3) is 0 Å². The van der Waals surface area contributed by atoms with Crippen molar-refractivity contribution in [1.29, 1.82) is 0 Å². The van der Waals surface area contributed by atoms with Gasteiger partial charge in [-0.05, 0) is 61.9 Å². The van der Waals surface area contributed by atoms with Crippen molar-refractivity contribution in [2.24, 2.45) is 0 Å². The highest BCUT2D eigenvalue weighted by atomic mass is 16.5. The summed E-state index contributed by atoms with van der Waals surface area (Å²) in [6.07, 6.45) is 5.55. The molecule has 0 bridgehead atoms. The van der Waals surface area contributed by atoms with Crippen LogP contribution in [0, 0.1) is 0 Å². The Balaban J connectivity index is 1.58. The van der Waals surface area contributed by atoms with Gasteiger partial charge in [0.25, 0.3) is 0 Å². The molecule has 40 heavy (non-hydrogen) atoms. The van der Waals surface area contributed by atoms with Gasteiger partial charge in [0.15, 0.2) is 11.5 Å². The molecule has 0 radical (unpaired) electrons. The van der Waals surface area contributed by atoms with Crippen LogP contribution in [0.4, 0.5) is 0 Å². The van der Waals surface area contributed by atoms with E-state index < -0.39 is 6.04 Å². The Labute approximate surface area is 238 Å². The van der Waals surface area contributed by atoms with E-state index in [1.54, 1.807) is 4.90 Å². The van der Waals surface area contributed by atoms with Crippen LogP contribution in [0.1, 0.15) is 62.6 Å². The second-order valence-corrected chi connectivity index (χ2v) is 10.3. The summed E-state index contributed by atoms with van der Waals surface area (Å²) in [5.41, 5.74) is 3.03. The highest BCUT2D eigenvalue weighted by Crippen LogP contribution is 2.29. The van der Waals surface area contributed by atoms with Crippen LogP contribution in [0.15, 0.2) is 78.9 Å². The predicted molar refractivity (Wildman–Crippen MR) is 158 cm³/mol. The van der Waals surface area contributed by atoms with E-state index >= 15 is 0 Å². The molecule has 3 aromatic rings. The van der Waals surface area contributed by atoms with E-state index in [1.807, 2.05) is 92.7 Å². The topological polar surface area (TPSA) is 67.9 Å². The molecule has 0 saturated heterocycles. The Morgan fingerprint density at radius 1 is 0.825 bits per heavy atom. The lowest BCUT2D eigenvalue weighted by Gasteiger charge is -2.32. The molecule has 0 unspecified atom stereocenters. The van der Waals surface area contributed by atoms with Gasteiger partial charge in [-0.25, -0.2) is 0 Å². The first-order chi connectivity index (χ1) is 19.6. The summed E-state index contributed by atoms with van der Waals surface area (Å²) in [5.74, 6) is 1.28. The molecule has 1 N–H and O–H groups in total. The van der Waals surface area contributed by atoms with Gasteiger partial charge in [0, 0.05) is 25.4 Å². The number of ether oxygens (including phenoxy) is 2. The summed E-state index contributed by atoms with van der Waals surface area (Å²) < 4.78 is 11.5. The molecule has 0 aromatic heterocycles. The zero-order chi connectivity index (χ0) is 28.2. The Morgan fingerprint density at radius 2 is 1.45 bits per heavy atom. The Hall–Kier alpha value is -3.80. The quantitative estimate of drug-likeness (QED) is 0.267. The van der Waals surface area contributed by atoms with Crippen molar-refractivity contribution in [3.8, 4) is 11.5 Å². The Bertz CT molecular complexity index is 1210. The van der Waals surface area contributed by atoms with E-state index in [2.05, 4.69) is 5.32 Å². The van der Waals surface area contributed by atoms with Crippen molar-refractivity contribution in [2.45, 2.75) is 77.4 Å². The molecule has 2 amide bonds. The Kier molecular flexibility index (Phi) is 11.0. The van der Waals surface area contributed by atoms with Crippen molar-refractivity contribution in [3.63, 3.8) is 0 Å². The van der Waals surface area contributed by atoms with E-state index in [0.717, 1.165) is 42.4 Å². The van der Waals surface area contributed by atoms with Crippen LogP contribution in [0.5, 0.6) is 11.5 Å². The van der Waals surface area contributed by atoms with Gasteiger partial charge in [-0.15, -0.1) is 0 Å². The molecule has 1 aliphatic rings. The number of aryl methyl sites for hydroxylation is 1. The first-order valence-electron chi connectivity index (χ1n) is 14.6. The summed E-state index contributed by atoms with van der Waals surface area (Å²) >= 11 is 0. The lowest BCUT2D eigenvalue weighted by Crippen LogP contribution is -2.52. The number of hydrogen-bond acceptors (Lipinski definition) is 4. The fourth-order valence-electron chi connectivity index (χ4n) is 5.35. The van der Waals surface area contributed by atoms with E-state index in [1.165, 1.54) is 0 Å².